The second-order valence-corrected chi connectivity index (χ2v) is 15.4. The first-order chi connectivity index (χ1) is 27.5. The van der Waals surface area contributed by atoms with E-state index in [1.165, 1.54) is 60.5 Å². The molecule has 1 aliphatic heterocycles. The molecule has 9 aromatic rings. The highest BCUT2D eigenvalue weighted by Gasteiger charge is 2.36. The molecule has 0 unspecified atom stereocenters. The summed E-state index contributed by atoms with van der Waals surface area (Å²) in [5, 5.41) is 8.37. The van der Waals surface area contributed by atoms with Crippen molar-refractivity contribution in [3.63, 3.8) is 0 Å². The highest BCUT2D eigenvalue weighted by Crippen LogP contribution is 2.53. The van der Waals surface area contributed by atoms with Gasteiger partial charge < -0.3 is 5.32 Å². The molecule has 0 amide bonds. The molecule has 3 heterocycles. The third kappa shape index (κ3) is 4.92. The van der Waals surface area contributed by atoms with Gasteiger partial charge in [-0.25, -0.2) is 4.98 Å². The number of para-hydroxylation sites is 3. The molecule has 0 bridgehead atoms. The summed E-state index contributed by atoms with van der Waals surface area (Å²) in [6.07, 6.45) is 8.35. The van der Waals surface area contributed by atoms with Crippen molar-refractivity contribution in [2.24, 2.45) is 0 Å². The number of hydrogen-bond donors (Lipinski definition) is 1. The number of fused-ring (bicyclic) bond motifs is 6. The van der Waals surface area contributed by atoms with E-state index in [2.05, 4.69) is 200 Å². The van der Waals surface area contributed by atoms with E-state index in [0.29, 0.717) is 0 Å². The van der Waals surface area contributed by atoms with Crippen molar-refractivity contribution >= 4 is 38.3 Å². The Kier molecular flexibility index (Phi) is 7.23. The topological polar surface area (TPSA) is 42.7 Å². The molecule has 1 N–H and O–H groups in total. The molecule has 11 rings (SSSR count). The number of imidazole rings is 1. The number of nitrogens with zero attached hydrogens (tertiary/aromatic N) is 3. The van der Waals surface area contributed by atoms with Crippen LogP contribution in [-0.2, 0) is 5.41 Å². The van der Waals surface area contributed by atoms with Crippen LogP contribution in [0, 0.1) is 0 Å². The van der Waals surface area contributed by atoms with Gasteiger partial charge in [-0.15, -0.1) is 0 Å². The van der Waals surface area contributed by atoms with E-state index >= 15 is 0 Å². The second-order valence-electron chi connectivity index (χ2n) is 15.4. The van der Waals surface area contributed by atoms with Crippen LogP contribution in [-0.4, -0.2) is 21.1 Å². The zero-order valence-electron chi connectivity index (χ0n) is 31.3. The van der Waals surface area contributed by atoms with Crippen LogP contribution in [0.1, 0.15) is 30.7 Å². The van der Waals surface area contributed by atoms with E-state index in [9.17, 15) is 0 Å². The summed E-state index contributed by atoms with van der Waals surface area (Å²) in [5.74, 6) is 0.928. The number of aromatic nitrogens is 3. The molecular weight excluding hydrogens is 681 g/mol. The van der Waals surface area contributed by atoms with Crippen molar-refractivity contribution in [1.82, 2.24) is 19.9 Å². The summed E-state index contributed by atoms with van der Waals surface area (Å²) in [7, 11) is 0. The maximum atomic E-state index is 5.16. The average Bonchev–Trinajstić information content (AvgIpc) is 3.75. The van der Waals surface area contributed by atoms with Crippen molar-refractivity contribution < 1.29 is 0 Å². The summed E-state index contributed by atoms with van der Waals surface area (Å²) >= 11 is 0. The van der Waals surface area contributed by atoms with Crippen LogP contribution in [0.15, 0.2) is 176 Å². The molecular formula is C52H38N4. The first-order valence-electron chi connectivity index (χ1n) is 19.4. The molecule has 0 fully saturated rings. The highest BCUT2D eigenvalue weighted by molar-refractivity contribution is 6.22. The molecule has 0 radical (unpaired) electrons. The van der Waals surface area contributed by atoms with Crippen molar-refractivity contribution in [1.29, 1.82) is 0 Å². The molecule has 2 aromatic heterocycles. The van der Waals surface area contributed by atoms with Crippen LogP contribution in [0.3, 0.4) is 0 Å². The first kappa shape index (κ1) is 32.4. The molecule has 0 saturated heterocycles. The highest BCUT2D eigenvalue weighted by atomic mass is 15.1. The fourth-order valence-corrected chi connectivity index (χ4v) is 9.17. The van der Waals surface area contributed by atoms with Gasteiger partial charge in [-0.1, -0.05) is 135 Å². The van der Waals surface area contributed by atoms with Crippen molar-refractivity contribution in [2.75, 3.05) is 6.54 Å². The largest absolute Gasteiger partial charge is 0.380 e. The standard InChI is InChI=1S/C52H38N4/c1-52(2)43-19-9-8-16-37(43)40-30-41-42(31-44(40)52)50(35-27-28-46(54-32-35)45-20-12-13-29-53-45)39-18-7-6-17-38(39)49(41)33-23-25-34(26-24-33)51-55-47-21-10-11-22-48(47)56(51)36-14-4-3-5-15-36/h3-28,30-32,53H,29H2,1-2H3. The molecule has 0 spiro atoms. The maximum absolute atomic E-state index is 5.16. The van der Waals surface area contributed by atoms with Gasteiger partial charge in [0.15, 0.2) is 0 Å². The number of benzene rings is 7. The van der Waals surface area contributed by atoms with Crippen molar-refractivity contribution in [3.8, 4) is 50.5 Å². The van der Waals surface area contributed by atoms with E-state index in [1.54, 1.807) is 0 Å². The molecule has 1 aliphatic carbocycles. The summed E-state index contributed by atoms with van der Waals surface area (Å²) < 4.78 is 2.27. The van der Waals surface area contributed by atoms with Crippen LogP contribution in [0.25, 0.3) is 88.7 Å². The van der Waals surface area contributed by atoms with E-state index in [4.69, 9.17) is 9.97 Å². The number of nitrogens with one attached hydrogen (secondary N) is 1. The third-order valence-corrected chi connectivity index (χ3v) is 11.9. The Hall–Kier alpha value is -7.04. The van der Waals surface area contributed by atoms with Crippen LogP contribution in [0.2, 0.25) is 0 Å². The smallest absolute Gasteiger partial charge is 0.145 e. The van der Waals surface area contributed by atoms with Crippen LogP contribution in [0.4, 0.5) is 0 Å². The van der Waals surface area contributed by atoms with Gasteiger partial charge in [0, 0.05) is 35.0 Å². The third-order valence-electron chi connectivity index (χ3n) is 11.9. The van der Waals surface area contributed by atoms with Gasteiger partial charge in [0.1, 0.15) is 5.82 Å². The Morgan fingerprint density at radius 1 is 0.589 bits per heavy atom. The quantitative estimate of drug-likeness (QED) is 0.180. The molecule has 0 atom stereocenters. The van der Waals surface area contributed by atoms with E-state index in [-0.39, 0.29) is 5.41 Å². The molecule has 56 heavy (non-hydrogen) atoms. The molecule has 0 saturated carbocycles. The van der Waals surface area contributed by atoms with Gasteiger partial charge >= 0.3 is 0 Å². The van der Waals surface area contributed by atoms with Crippen LogP contribution in [0.5, 0.6) is 0 Å². The predicted octanol–water partition coefficient (Wildman–Crippen LogP) is 12.5. The van der Waals surface area contributed by atoms with Gasteiger partial charge in [0.2, 0.25) is 0 Å². The molecule has 266 valence electrons. The normalized spacial score (nSPS) is 14.1. The van der Waals surface area contributed by atoms with Crippen LogP contribution >= 0.6 is 0 Å². The number of rotatable bonds is 5. The van der Waals surface area contributed by atoms with Gasteiger partial charge in [0.25, 0.3) is 0 Å². The SMILES string of the molecule is CC1(C)c2ccccc2-c2cc3c(-c4ccc(-c5nc6ccccc6n5-c5ccccc5)cc4)c4ccccc4c(-c4ccc(C5=CC=CCN5)nc4)c3cc21. The maximum Gasteiger partial charge on any atom is 0.145 e. The predicted molar refractivity (Wildman–Crippen MR) is 233 cm³/mol. The first-order valence-corrected chi connectivity index (χ1v) is 19.4. The number of hydrogen-bond acceptors (Lipinski definition) is 3. The van der Waals surface area contributed by atoms with Gasteiger partial charge in [-0.05, 0) is 109 Å². The van der Waals surface area contributed by atoms with Crippen LogP contribution < -0.4 is 5.32 Å². The van der Waals surface area contributed by atoms with E-state index in [1.807, 2.05) is 0 Å². The zero-order valence-corrected chi connectivity index (χ0v) is 31.3. The summed E-state index contributed by atoms with van der Waals surface area (Å²) in [6, 6.07) is 55.1. The van der Waals surface area contributed by atoms with E-state index < -0.39 is 0 Å². The number of allylic oxidation sites excluding steroid dienone is 2. The molecule has 7 aromatic carbocycles. The molecule has 2 aliphatic rings. The minimum Gasteiger partial charge on any atom is -0.380 e. The molecule has 4 heteroatoms. The number of pyridine rings is 1. The summed E-state index contributed by atoms with van der Waals surface area (Å²) in [5.41, 5.74) is 16.2. The van der Waals surface area contributed by atoms with E-state index in [0.717, 1.165) is 51.6 Å². The monoisotopic (exact) mass is 718 g/mol. The molecule has 4 nitrogen and oxygen atoms in total. The Morgan fingerprint density at radius 2 is 1.27 bits per heavy atom. The number of dihydropyridines is 1. The lowest BCUT2D eigenvalue weighted by molar-refractivity contribution is 0.661. The fourth-order valence-electron chi connectivity index (χ4n) is 9.17. The minimum atomic E-state index is -0.135. The summed E-state index contributed by atoms with van der Waals surface area (Å²) in [6.45, 7) is 5.54. The summed E-state index contributed by atoms with van der Waals surface area (Å²) in [4.78, 5) is 10.2. The van der Waals surface area contributed by atoms with Crippen molar-refractivity contribution in [3.05, 3.63) is 193 Å². The van der Waals surface area contributed by atoms with Crippen molar-refractivity contribution in [2.45, 2.75) is 19.3 Å². The van der Waals surface area contributed by atoms with Gasteiger partial charge in [-0.3, -0.25) is 9.55 Å². The lowest BCUT2D eigenvalue weighted by Crippen LogP contribution is -2.15. The average molecular weight is 719 g/mol. The lowest BCUT2D eigenvalue weighted by Gasteiger charge is -2.24. The Bertz CT molecular complexity index is 3070. The minimum absolute atomic E-state index is 0.135. The lowest BCUT2D eigenvalue weighted by atomic mass is 9.79. The fraction of sp³-hybridized carbons (Fsp3) is 0.0769. The Morgan fingerprint density at radius 3 is 2.04 bits per heavy atom. The Balaban J connectivity index is 1.15. The van der Waals surface area contributed by atoms with Gasteiger partial charge in [-0.2, -0.15) is 0 Å². The zero-order chi connectivity index (χ0) is 37.4. The second kappa shape index (κ2) is 12.5. The van der Waals surface area contributed by atoms with Gasteiger partial charge in [0.05, 0.1) is 22.4 Å². The Labute approximate surface area is 326 Å².